The Labute approximate surface area is 203 Å². The van der Waals surface area contributed by atoms with Crippen molar-refractivity contribution < 1.29 is 18.7 Å². The summed E-state index contributed by atoms with van der Waals surface area (Å²) >= 11 is 1.59. The average Bonchev–Trinajstić information content (AvgIpc) is 3.53. The minimum absolute atomic E-state index is 0.0802. The molecule has 0 spiro atoms. The zero-order valence-corrected chi connectivity index (χ0v) is 21.1. The van der Waals surface area contributed by atoms with E-state index < -0.39 is 0 Å². The molecule has 0 aliphatic heterocycles. The Hall–Kier alpha value is -3.26. The topological polar surface area (TPSA) is 69.2 Å². The number of carbonyl (C=O) groups is 1. The number of methoxy groups -OCH3 is 2. The molecule has 3 aromatic heterocycles. The van der Waals surface area contributed by atoms with E-state index in [0.29, 0.717) is 25.9 Å². The highest BCUT2D eigenvalue weighted by molar-refractivity contribution is 7.15. The lowest BCUT2D eigenvalue weighted by atomic mass is 9.91. The number of imidazole rings is 1. The van der Waals surface area contributed by atoms with Gasteiger partial charge in [0, 0.05) is 42.2 Å². The molecule has 8 heteroatoms. The van der Waals surface area contributed by atoms with Crippen LogP contribution >= 0.6 is 11.3 Å². The van der Waals surface area contributed by atoms with Gasteiger partial charge < -0.3 is 18.8 Å². The van der Waals surface area contributed by atoms with Crippen molar-refractivity contribution in [2.45, 2.75) is 40.2 Å². The molecule has 0 saturated carbocycles. The first-order valence-electron chi connectivity index (χ1n) is 11.3. The van der Waals surface area contributed by atoms with Crippen LogP contribution in [0.1, 0.15) is 38.6 Å². The van der Waals surface area contributed by atoms with Gasteiger partial charge in [0.15, 0.2) is 4.96 Å². The largest absolute Gasteiger partial charge is 0.497 e. The minimum atomic E-state index is -0.0802. The molecule has 0 aliphatic rings. The number of benzene rings is 1. The van der Waals surface area contributed by atoms with Crippen molar-refractivity contribution in [3.63, 3.8) is 0 Å². The van der Waals surface area contributed by atoms with Crippen molar-refractivity contribution in [2.24, 2.45) is 5.41 Å². The van der Waals surface area contributed by atoms with Crippen LogP contribution in [-0.2, 0) is 17.8 Å². The molecule has 1 aromatic carbocycles. The Kier molecular flexibility index (Phi) is 6.97. The second-order valence-corrected chi connectivity index (χ2v) is 10.3. The van der Waals surface area contributed by atoms with Gasteiger partial charge in [-0.05, 0) is 35.7 Å². The average molecular weight is 482 g/mol. The quantitative estimate of drug-likeness (QED) is 0.308. The smallest absolute Gasteiger partial charge is 0.223 e. The molecular weight excluding hydrogens is 450 g/mol. The van der Waals surface area contributed by atoms with Crippen LogP contribution in [0.25, 0.3) is 16.2 Å². The van der Waals surface area contributed by atoms with E-state index in [1.54, 1.807) is 31.8 Å². The summed E-state index contributed by atoms with van der Waals surface area (Å²) in [6.45, 7) is 7.30. The third kappa shape index (κ3) is 5.44. The SMILES string of the molecule is COc1ccc(OC)c(-c2cn3c(CCN(Cc4ccco4)C(=O)CC(C)(C)C)csc3n2)c1. The first-order valence-corrected chi connectivity index (χ1v) is 12.1. The Bertz CT molecular complexity index is 1250. The summed E-state index contributed by atoms with van der Waals surface area (Å²) in [5, 5.41) is 2.11. The van der Waals surface area contributed by atoms with Crippen molar-refractivity contribution in [3.05, 3.63) is 59.6 Å². The molecule has 180 valence electrons. The van der Waals surface area contributed by atoms with Gasteiger partial charge in [-0.15, -0.1) is 11.3 Å². The number of amides is 1. The lowest BCUT2D eigenvalue weighted by Gasteiger charge is -2.26. The van der Waals surface area contributed by atoms with Crippen LogP contribution in [0, 0.1) is 5.41 Å². The van der Waals surface area contributed by atoms with E-state index in [2.05, 4.69) is 30.6 Å². The van der Waals surface area contributed by atoms with Crippen LogP contribution in [0.15, 0.2) is 52.6 Å². The normalized spacial score (nSPS) is 11.7. The highest BCUT2D eigenvalue weighted by Gasteiger charge is 2.23. The van der Waals surface area contributed by atoms with E-state index in [4.69, 9.17) is 18.9 Å². The van der Waals surface area contributed by atoms with Gasteiger partial charge in [0.1, 0.15) is 17.3 Å². The predicted octanol–water partition coefficient (Wildman–Crippen LogP) is 5.68. The van der Waals surface area contributed by atoms with Gasteiger partial charge in [0.25, 0.3) is 0 Å². The summed E-state index contributed by atoms with van der Waals surface area (Å²) in [5.41, 5.74) is 2.72. The first-order chi connectivity index (χ1) is 16.3. The molecule has 0 fully saturated rings. The molecule has 0 N–H and O–H groups in total. The van der Waals surface area contributed by atoms with Crippen molar-refractivity contribution in [1.29, 1.82) is 0 Å². The summed E-state index contributed by atoms with van der Waals surface area (Å²) in [7, 11) is 3.29. The summed E-state index contributed by atoms with van der Waals surface area (Å²) in [4.78, 5) is 20.7. The standard InChI is InChI=1S/C26H31N3O4S/c1-26(2,3)14-24(30)28(15-20-7-6-12-33-20)11-10-18-17-34-25-27-22(16-29(18)25)21-13-19(31-4)8-9-23(21)32-5/h6-9,12-13,16-17H,10-11,14-15H2,1-5H3. The predicted molar refractivity (Wildman–Crippen MR) is 134 cm³/mol. The van der Waals surface area contributed by atoms with Crippen LogP contribution in [0.4, 0.5) is 0 Å². The number of hydrogen-bond donors (Lipinski definition) is 0. The van der Waals surface area contributed by atoms with Gasteiger partial charge >= 0.3 is 0 Å². The van der Waals surface area contributed by atoms with Crippen molar-refractivity contribution >= 4 is 22.2 Å². The fourth-order valence-electron chi connectivity index (χ4n) is 3.85. The van der Waals surface area contributed by atoms with Crippen LogP contribution in [0.5, 0.6) is 11.5 Å². The lowest BCUT2D eigenvalue weighted by Crippen LogP contribution is -2.34. The van der Waals surface area contributed by atoms with E-state index in [1.165, 1.54) is 0 Å². The molecule has 0 saturated heterocycles. The Morgan fingerprint density at radius 2 is 2.03 bits per heavy atom. The summed E-state index contributed by atoms with van der Waals surface area (Å²) in [5.74, 6) is 2.40. The van der Waals surface area contributed by atoms with E-state index in [-0.39, 0.29) is 11.3 Å². The van der Waals surface area contributed by atoms with Gasteiger partial charge in [0.05, 0.1) is 32.7 Å². The van der Waals surface area contributed by atoms with E-state index in [9.17, 15) is 4.79 Å². The Balaban J connectivity index is 1.56. The molecule has 0 unspecified atom stereocenters. The number of hydrogen-bond acceptors (Lipinski definition) is 6. The Morgan fingerprint density at radius 1 is 1.21 bits per heavy atom. The molecule has 0 aliphatic carbocycles. The third-order valence-corrected chi connectivity index (χ3v) is 6.45. The molecule has 0 radical (unpaired) electrons. The second-order valence-electron chi connectivity index (χ2n) is 9.45. The van der Waals surface area contributed by atoms with E-state index in [0.717, 1.165) is 39.2 Å². The third-order valence-electron chi connectivity index (χ3n) is 5.56. The monoisotopic (exact) mass is 481 g/mol. The van der Waals surface area contributed by atoms with Gasteiger partial charge in [-0.1, -0.05) is 20.8 Å². The van der Waals surface area contributed by atoms with Crippen molar-refractivity contribution in [1.82, 2.24) is 14.3 Å². The van der Waals surface area contributed by atoms with Gasteiger partial charge in [0.2, 0.25) is 5.91 Å². The van der Waals surface area contributed by atoms with Gasteiger partial charge in [-0.3, -0.25) is 9.20 Å². The van der Waals surface area contributed by atoms with Crippen molar-refractivity contribution in [2.75, 3.05) is 20.8 Å². The number of ether oxygens (including phenoxy) is 2. The number of aromatic nitrogens is 2. The Morgan fingerprint density at radius 3 is 2.71 bits per heavy atom. The molecule has 0 bridgehead atoms. The molecule has 4 rings (SSSR count). The van der Waals surface area contributed by atoms with E-state index in [1.807, 2.05) is 41.4 Å². The number of furan rings is 1. The number of carbonyl (C=O) groups excluding carboxylic acids is 1. The second kappa shape index (κ2) is 9.93. The van der Waals surface area contributed by atoms with Crippen LogP contribution in [-0.4, -0.2) is 41.0 Å². The van der Waals surface area contributed by atoms with Gasteiger partial charge in [-0.25, -0.2) is 4.98 Å². The fourth-order valence-corrected chi connectivity index (χ4v) is 4.76. The number of thiazole rings is 1. The zero-order chi connectivity index (χ0) is 24.3. The fraction of sp³-hybridized carbons (Fsp3) is 0.385. The maximum absolute atomic E-state index is 13.1. The van der Waals surface area contributed by atoms with E-state index >= 15 is 0 Å². The van der Waals surface area contributed by atoms with Crippen LogP contribution in [0.3, 0.4) is 0 Å². The van der Waals surface area contributed by atoms with Crippen LogP contribution < -0.4 is 9.47 Å². The number of nitrogens with zero attached hydrogens (tertiary/aromatic N) is 3. The molecule has 34 heavy (non-hydrogen) atoms. The highest BCUT2D eigenvalue weighted by atomic mass is 32.1. The molecule has 1 amide bonds. The highest BCUT2D eigenvalue weighted by Crippen LogP contribution is 2.34. The molecule has 4 aromatic rings. The minimum Gasteiger partial charge on any atom is -0.497 e. The maximum Gasteiger partial charge on any atom is 0.223 e. The zero-order valence-electron chi connectivity index (χ0n) is 20.3. The molecule has 3 heterocycles. The summed E-state index contributed by atoms with van der Waals surface area (Å²) in [6, 6.07) is 9.44. The molecule has 7 nitrogen and oxygen atoms in total. The van der Waals surface area contributed by atoms with Crippen LogP contribution in [0.2, 0.25) is 0 Å². The maximum atomic E-state index is 13.1. The first kappa shape index (κ1) is 23.9. The van der Waals surface area contributed by atoms with Crippen molar-refractivity contribution in [3.8, 4) is 22.8 Å². The number of rotatable bonds is 9. The molecular formula is C26H31N3O4S. The molecule has 0 atom stereocenters. The summed E-state index contributed by atoms with van der Waals surface area (Å²) in [6.07, 6.45) is 4.86. The number of fused-ring (bicyclic) bond motifs is 1. The summed E-state index contributed by atoms with van der Waals surface area (Å²) < 4.78 is 18.5. The lowest BCUT2D eigenvalue weighted by molar-refractivity contribution is -0.134. The van der Waals surface area contributed by atoms with Gasteiger partial charge in [-0.2, -0.15) is 0 Å².